The van der Waals surface area contributed by atoms with Crippen molar-refractivity contribution in [3.05, 3.63) is 24.2 Å². The van der Waals surface area contributed by atoms with Crippen LogP contribution >= 0.6 is 0 Å². The normalized spacial score (nSPS) is 40.3. The second kappa shape index (κ2) is 24.6. The maximum atomic E-state index is 14.5. The molecule has 1 amide bonds. The number of carbonyl (C=O) groups excluding carboxylic acids is 3. The molecule has 0 aromatic carbocycles. The standard InChI is InChI=1S/C49H86N6O14/c1-16-38-49(12,63)42(59)33(7)53(14)26-28(2)24-47(10,62)44(31(5)41(32(6)45(61)67-38)68-39-25-48(11,64-15)43(60)34(8)66-39)69-46-40(58)37(23-30(4)65-46)52(13)19-18-36-27-55(51-50-36)22-21-54(35(9)57)20-17-29(3)56/h17,20,27-28,30-34,37-44,46,58-60,62-63H,16,18-19,21-26H2,1-15H3/b20-17-/t28-,30-,31+,32-,33-,34+,37+,38-,39+,40-,41+,42-,43+,44-,46+,47-,48-,49-/m1/s1. The molecule has 5 N–H and O–H groups in total. The molecule has 0 bridgehead atoms. The van der Waals surface area contributed by atoms with E-state index in [0.717, 1.165) is 0 Å². The van der Waals surface area contributed by atoms with Crippen LogP contribution in [0.4, 0.5) is 0 Å². The minimum atomic E-state index is -1.85. The number of aromatic nitrogens is 3. The van der Waals surface area contributed by atoms with Gasteiger partial charge < -0.3 is 68.7 Å². The molecule has 4 heterocycles. The van der Waals surface area contributed by atoms with Crippen LogP contribution < -0.4 is 0 Å². The number of rotatable bonds is 15. The van der Waals surface area contributed by atoms with Gasteiger partial charge in [-0.25, -0.2) is 0 Å². The van der Waals surface area contributed by atoms with Gasteiger partial charge in [-0.05, 0) is 101 Å². The van der Waals surface area contributed by atoms with E-state index in [1.54, 1.807) is 59.3 Å². The number of ketones is 1. The molecule has 69 heavy (non-hydrogen) atoms. The van der Waals surface area contributed by atoms with Crippen molar-refractivity contribution in [1.29, 1.82) is 0 Å². The summed E-state index contributed by atoms with van der Waals surface area (Å²) in [6.45, 7) is 21.8. The van der Waals surface area contributed by atoms with Crippen molar-refractivity contribution in [3.63, 3.8) is 0 Å². The summed E-state index contributed by atoms with van der Waals surface area (Å²) in [5.41, 5.74) is -3.87. The SMILES string of the molecule is CC[C@H]1OC(=O)[C@H](C)[C@@H](O[C@H]2C[C@@](C)(OC)[C@@H](O)[C@H](C)O2)[C@H](C)[C@@H](O[C@@H]2O[C@H](C)C[C@H](N(C)CCc3cn(CCN(/C=C\C(C)=O)C(C)=O)nn3)[C@H]2O)[C@](C)(O)C[C@@H](C)CN(C)[C@H](C)[C@@H](O)[C@]1(C)O. The van der Waals surface area contributed by atoms with Crippen molar-refractivity contribution >= 4 is 17.7 Å². The molecule has 1 aromatic heterocycles. The van der Waals surface area contributed by atoms with Gasteiger partial charge in [0, 0.05) is 76.9 Å². The van der Waals surface area contributed by atoms with Crippen molar-refractivity contribution in [1.82, 2.24) is 29.7 Å². The highest BCUT2D eigenvalue weighted by atomic mass is 16.7. The first kappa shape index (κ1) is 58.6. The van der Waals surface area contributed by atoms with Gasteiger partial charge in [0.15, 0.2) is 18.4 Å². The minimum absolute atomic E-state index is 0.0895. The maximum absolute atomic E-state index is 14.5. The molecule has 0 radical (unpaired) electrons. The van der Waals surface area contributed by atoms with Gasteiger partial charge >= 0.3 is 5.97 Å². The highest BCUT2D eigenvalue weighted by Crippen LogP contribution is 2.40. The number of cyclic esters (lactones) is 1. The molecule has 3 aliphatic rings. The Morgan fingerprint density at radius 3 is 2.26 bits per heavy atom. The zero-order valence-corrected chi connectivity index (χ0v) is 43.8. The van der Waals surface area contributed by atoms with Gasteiger partial charge in [0.05, 0.1) is 53.8 Å². The summed E-state index contributed by atoms with van der Waals surface area (Å²) in [5, 5.41) is 68.1. The molecule has 1 aromatic rings. The van der Waals surface area contributed by atoms with Crippen LogP contribution in [0, 0.1) is 17.8 Å². The van der Waals surface area contributed by atoms with Gasteiger partial charge in [-0.2, -0.15) is 0 Å². The van der Waals surface area contributed by atoms with E-state index in [4.69, 9.17) is 28.4 Å². The third-order valence-corrected chi connectivity index (χ3v) is 14.9. The topological polar surface area (TPSA) is 248 Å². The van der Waals surface area contributed by atoms with Crippen LogP contribution in [0.5, 0.6) is 0 Å². The number of likely N-dealkylation sites (N-methyl/N-ethyl adjacent to an activating group) is 2. The summed E-state index contributed by atoms with van der Waals surface area (Å²) in [6, 6.07) is -1.04. The summed E-state index contributed by atoms with van der Waals surface area (Å²) in [6.07, 6.45) is -4.20. The molecule has 3 fully saturated rings. The molecule has 3 aliphatic heterocycles. The van der Waals surface area contributed by atoms with Crippen LogP contribution in [0.25, 0.3) is 0 Å². The Morgan fingerprint density at radius 1 is 0.986 bits per heavy atom. The fourth-order valence-electron chi connectivity index (χ4n) is 10.4. The van der Waals surface area contributed by atoms with Crippen LogP contribution in [0.15, 0.2) is 18.5 Å². The largest absolute Gasteiger partial charge is 0.459 e. The monoisotopic (exact) mass is 983 g/mol. The summed E-state index contributed by atoms with van der Waals surface area (Å²) in [7, 11) is 5.22. The molecule has 0 aliphatic carbocycles. The van der Waals surface area contributed by atoms with E-state index >= 15 is 0 Å². The first-order chi connectivity index (χ1) is 32.1. The molecule has 20 nitrogen and oxygen atoms in total. The molecule has 396 valence electrons. The Balaban J connectivity index is 1.67. The van der Waals surface area contributed by atoms with E-state index in [1.165, 1.54) is 45.1 Å². The Kier molecular flexibility index (Phi) is 20.9. The van der Waals surface area contributed by atoms with Crippen LogP contribution in [-0.4, -0.2) is 204 Å². The van der Waals surface area contributed by atoms with Gasteiger partial charge in [-0.15, -0.1) is 5.10 Å². The molecule has 4 rings (SSSR count). The Bertz CT molecular complexity index is 1850. The fourth-order valence-corrected chi connectivity index (χ4v) is 10.4. The number of aliphatic hydroxyl groups is 5. The lowest BCUT2D eigenvalue weighted by Crippen LogP contribution is -2.61. The lowest BCUT2D eigenvalue weighted by molar-refractivity contribution is -0.318. The van der Waals surface area contributed by atoms with Gasteiger partial charge in [-0.1, -0.05) is 26.0 Å². The lowest BCUT2D eigenvalue weighted by Gasteiger charge is -2.49. The Labute approximate surface area is 409 Å². The van der Waals surface area contributed by atoms with Crippen molar-refractivity contribution < 1.29 is 68.3 Å². The van der Waals surface area contributed by atoms with Gasteiger partial charge in [0.25, 0.3) is 0 Å². The first-order valence-electron chi connectivity index (χ1n) is 24.7. The highest BCUT2D eigenvalue weighted by molar-refractivity contribution is 5.87. The average Bonchev–Trinajstić information content (AvgIpc) is 3.73. The second-order valence-electron chi connectivity index (χ2n) is 21.0. The lowest BCUT2D eigenvalue weighted by atomic mass is 9.77. The molecule has 3 saturated heterocycles. The fraction of sp³-hybridized carbons (Fsp3) is 0.857. The number of carbonyl (C=O) groups is 3. The molecular weight excluding hydrogens is 897 g/mol. The van der Waals surface area contributed by atoms with E-state index < -0.39 is 102 Å². The van der Waals surface area contributed by atoms with Crippen LogP contribution in [0.2, 0.25) is 0 Å². The highest BCUT2D eigenvalue weighted by Gasteiger charge is 2.53. The van der Waals surface area contributed by atoms with E-state index in [9.17, 15) is 39.9 Å². The van der Waals surface area contributed by atoms with Crippen molar-refractivity contribution in [2.75, 3.05) is 40.8 Å². The van der Waals surface area contributed by atoms with E-state index in [1.807, 2.05) is 37.7 Å². The Morgan fingerprint density at radius 2 is 1.65 bits per heavy atom. The zero-order chi connectivity index (χ0) is 51.9. The second-order valence-corrected chi connectivity index (χ2v) is 21.0. The molecule has 0 saturated carbocycles. The number of hydrogen-bond acceptors (Lipinski definition) is 18. The third-order valence-electron chi connectivity index (χ3n) is 14.9. The summed E-state index contributed by atoms with van der Waals surface area (Å²) >= 11 is 0. The quantitative estimate of drug-likeness (QED) is 0.125. The zero-order valence-electron chi connectivity index (χ0n) is 43.8. The average molecular weight is 983 g/mol. The summed E-state index contributed by atoms with van der Waals surface area (Å²) < 4.78 is 39.8. The number of methoxy groups -OCH3 is 1. The maximum Gasteiger partial charge on any atom is 0.311 e. The molecule has 20 heteroatoms. The molecule has 18 atom stereocenters. The number of ether oxygens (including phenoxy) is 6. The van der Waals surface area contributed by atoms with Crippen LogP contribution in [-0.2, 0) is 55.8 Å². The van der Waals surface area contributed by atoms with Crippen LogP contribution in [0.1, 0.15) is 114 Å². The van der Waals surface area contributed by atoms with Crippen molar-refractivity contribution in [2.45, 2.75) is 212 Å². The third kappa shape index (κ3) is 14.8. The summed E-state index contributed by atoms with van der Waals surface area (Å²) in [4.78, 5) is 43.3. The molecular formula is C49H86N6O14. The minimum Gasteiger partial charge on any atom is -0.459 e. The number of hydrogen-bond donors (Lipinski definition) is 5. The van der Waals surface area contributed by atoms with Gasteiger partial charge in [0.2, 0.25) is 5.91 Å². The Hall–Kier alpha value is -2.99. The van der Waals surface area contributed by atoms with E-state index in [-0.39, 0.29) is 43.0 Å². The van der Waals surface area contributed by atoms with Crippen molar-refractivity contribution in [2.24, 2.45) is 17.8 Å². The first-order valence-corrected chi connectivity index (χ1v) is 24.7. The number of nitrogens with zero attached hydrogens (tertiary/aromatic N) is 6. The van der Waals surface area contributed by atoms with Crippen LogP contribution in [0.3, 0.4) is 0 Å². The number of allylic oxidation sites excluding steroid dienone is 1. The van der Waals surface area contributed by atoms with Crippen molar-refractivity contribution in [3.8, 4) is 0 Å². The summed E-state index contributed by atoms with van der Waals surface area (Å²) in [5.74, 6) is -3.22. The molecule has 0 spiro atoms. The number of amides is 1. The van der Waals surface area contributed by atoms with E-state index in [0.29, 0.717) is 44.7 Å². The molecule has 0 unspecified atom stereocenters. The number of aliphatic hydroxyl groups excluding tert-OH is 3. The smallest absolute Gasteiger partial charge is 0.311 e. The van der Waals surface area contributed by atoms with Gasteiger partial charge in [0.1, 0.15) is 30.0 Å². The predicted octanol–water partition coefficient (Wildman–Crippen LogP) is 2.06. The number of esters is 1. The van der Waals surface area contributed by atoms with Gasteiger partial charge in [-0.3, -0.25) is 19.1 Å². The predicted molar refractivity (Wildman–Crippen MR) is 254 cm³/mol. The van der Waals surface area contributed by atoms with E-state index in [2.05, 4.69) is 10.3 Å².